The third kappa shape index (κ3) is 6.20. The molecule has 120 valence electrons. The molecule has 0 N–H and O–H groups in total. The Kier molecular flexibility index (Phi) is 8.39. The maximum atomic E-state index is 2.37. The van der Waals surface area contributed by atoms with E-state index in [4.69, 9.17) is 0 Å². The SMILES string of the molecule is C[N+](C)(C)CCP(C1CCCCC1)C1CCCCC1.[Cl-]. The molecule has 1 nitrogen and oxygen atoms in total. The summed E-state index contributed by atoms with van der Waals surface area (Å²) < 4.78 is 1.16. The van der Waals surface area contributed by atoms with Gasteiger partial charge in [0.05, 0.1) is 27.7 Å². The molecule has 0 saturated heterocycles. The number of quaternary nitrogens is 1. The van der Waals surface area contributed by atoms with E-state index in [0.717, 1.165) is 15.8 Å². The van der Waals surface area contributed by atoms with E-state index in [1.165, 1.54) is 45.1 Å². The molecule has 0 aromatic carbocycles. The molecule has 0 aromatic heterocycles. The van der Waals surface area contributed by atoms with Crippen LogP contribution in [0.3, 0.4) is 0 Å². The second-order valence-corrected chi connectivity index (χ2v) is 10.8. The zero-order valence-corrected chi connectivity index (χ0v) is 15.6. The van der Waals surface area contributed by atoms with Crippen molar-refractivity contribution in [2.75, 3.05) is 33.8 Å². The summed E-state index contributed by atoms with van der Waals surface area (Å²) in [6.45, 7) is 1.40. The van der Waals surface area contributed by atoms with Gasteiger partial charge in [-0.05, 0) is 37.0 Å². The van der Waals surface area contributed by atoms with Crippen molar-refractivity contribution in [3.8, 4) is 0 Å². The molecule has 0 atom stereocenters. The van der Waals surface area contributed by atoms with E-state index in [1.807, 2.05) is 0 Å². The zero-order chi connectivity index (χ0) is 13.7. The van der Waals surface area contributed by atoms with Crippen LogP contribution in [0.2, 0.25) is 0 Å². The highest BCUT2D eigenvalue weighted by atomic mass is 35.5. The summed E-state index contributed by atoms with van der Waals surface area (Å²) in [6.07, 6.45) is 17.0. The normalized spacial score (nSPS) is 22.8. The number of hydrogen-bond acceptors (Lipinski definition) is 0. The second kappa shape index (κ2) is 8.96. The summed E-state index contributed by atoms with van der Waals surface area (Å²) in [5.41, 5.74) is 2.27. The monoisotopic (exact) mass is 319 g/mol. The van der Waals surface area contributed by atoms with Gasteiger partial charge in [0.2, 0.25) is 0 Å². The van der Waals surface area contributed by atoms with Gasteiger partial charge in [0.15, 0.2) is 0 Å². The summed E-state index contributed by atoms with van der Waals surface area (Å²) in [5, 5.41) is 0. The van der Waals surface area contributed by atoms with Crippen molar-refractivity contribution in [1.82, 2.24) is 0 Å². The molecule has 0 aromatic rings. The first-order valence-electron chi connectivity index (χ1n) is 8.62. The quantitative estimate of drug-likeness (QED) is 0.536. The van der Waals surface area contributed by atoms with E-state index in [9.17, 15) is 0 Å². The van der Waals surface area contributed by atoms with Crippen molar-refractivity contribution in [3.63, 3.8) is 0 Å². The van der Waals surface area contributed by atoms with Gasteiger partial charge in [-0.2, -0.15) is 0 Å². The van der Waals surface area contributed by atoms with Crippen molar-refractivity contribution in [1.29, 1.82) is 0 Å². The zero-order valence-electron chi connectivity index (χ0n) is 13.9. The average molecular weight is 320 g/mol. The van der Waals surface area contributed by atoms with Crippen LogP contribution in [0.15, 0.2) is 0 Å². The Balaban J connectivity index is 0.00000200. The predicted molar refractivity (Wildman–Crippen MR) is 88.4 cm³/mol. The van der Waals surface area contributed by atoms with Gasteiger partial charge < -0.3 is 16.9 Å². The third-order valence-corrected chi connectivity index (χ3v) is 8.74. The Bertz CT molecular complexity index is 234. The number of halogens is 1. The van der Waals surface area contributed by atoms with E-state index in [-0.39, 0.29) is 12.4 Å². The van der Waals surface area contributed by atoms with Gasteiger partial charge in [0.25, 0.3) is 0 Å². The summed E-state index contributed by atoms with van der Waals surface area (Å²) in [4.78, 5) is 0. The summed E-state index contributed by atoms with van der Waals surface area (Å²) in [6, 6.07) is 0. The Morgan fingerprint density at radius 2 is 1.15 bits per heavy atom. The molecule has 0 heterocycles. The molecule has 2 fully saturated rings. The molecule has 2 saturated carbocycles. The molecule has 0 aliphatic heterocycles. The highest BCUT2D eigenvalue weighted by Gasteiger charge is 2.31. The van der Waals surface area contributed by atoms with E-state index in [1.54, 1.807) is 31.8 Å². The Morgan fingerprint density at radius 3 is 1.50 bits per heavy atom. The van der Waals surface area contributed by atoms with Crippen LogP contribution in [0.4, 0.5) is 0 Å². The number of rotatable bonds is 5. The maximum Gasteiger partial charge on any atom is 0.0820 e. The first kappa shape index (κ1) is 18.7. The maximum absolute atomic E-state index is 2.37. The van der Waals surface area contributed by atoms with E-state index in [2.05, 4.69) is 21.1 Å². The minimum atomic E-state index is 0. The van der Waals surface area contributed by atoms with Gasteiger partial charge in [-0.1, -0.05) is 46.4 Å². The van der Waals surface area contributed by atoms with E-state index in [0.29, 0.717) is 7.92 Å². The van der Waals surface area contributed by atoms with Crippen molar-refractivity contribution < 1.29 is 16.9 Å². The van der Waals surface area contributed by atoms with Crippen molar-refractivity contribution >= 4 is 7.92 Å². The van der Waals surface area contributed by atoms with Crippen LogP contribution in [0, 0.1) is 0 Å². The Hall–Kier alpha value is 0.680. The molecule has 2 aliphatic carbocycles. The van der Waals surface area contributed by atoms with E-state index >= 15 is 0 Å². The lowest BCUT2D eigenvalue weighted by Crippen LogP contribution is -3.00. The molecule has 2 rings (SSSR count). The van der Waals surface area contributed by atoms with E-state index < -0.39 is 0 Å². The molecule has 0 unspecified atom stereocenters. The van der Waals surface area contributed by atoms with Gasteiger partial charge in [-0.15, -0.1) is 0 Å². The lowest BCUT2D eigenvalue weighted by molar-refractivity contribution is -0.867. The summed E-state index contributed by atoms with van der Waals surface area (Å²) in [7, 11) is 7.43. The Labute approximate surface area is 134 Å². The molecule has 0 amide bonds. The highest BCUT2D eigenvalue weighted by Crippen LogP contribution is 2.55. The van der Waals surface area contributed by atoms with Crippen LogP contribution >= 0.6 is 7.92 Å². The number of hydrogen-bond donors (Lipinski definition) is 0. The van der Waals surface area contributed by atoms with Gasteiger partial charge in [0, 0.05) is 6.16 Å². The van der Waals surface area contributed by atoms with Crippen LogP contribution in [0.5, 0.6) is 0 Å². The fraction of sp³-hybridized carbons (Fsp3) is 1.00. The van der Waals surface area contributed by atoms with Crippen LogP contribution in [-0.2, 0) is 0 Å². The lowest BCUT2D eigenvalue weighted by atomic mass is 9.99. The van der Waals surface area contributed by atoms with Gasteiger partial charge in [0.1, 0.15) is 0 Å². The minimum Gasteiger partial charge on any atom is -1.00 e. The molecule has 2 aliphatic rings. The molecular weight excluding hydrogens is 285 g/mol. The van der Waals surface area contributed by atoms with Gasteiger partial charge in [-0.25, -0.2) is 0 Å². The average Bonchev–Trinajstić information content (AvgIpc) is 2.40. The molecule has 0 spiro atoms. The largest absolute Gasteiger partial charge is 1.00 e. The fourth-order valence-electron chi connectivity index (χ4n) is 3.90. The van der Waals surface area contributed by atoms with Crippen molar-refractivity contribution in [2.45, 2.75) is 75.5 Å². The summed E-state index contributed by atoms with van der Waals surface area (Å²) in [5.74, 6) is 0. The van der Waals surface area contributed by atoms with Crippen LogP contribution in [-0.4, -0.2) is 49.7 Å². The summed E-state index contributed by atoms with van der Waals surface area (Å²) >= 11 is 0. The molecule has 20 heavy (non-hydrogen) atoms. The first-order chi connectivity index (χ1) is 9.06. The predicted octanol–water partition coefficient (Wildman–Crippen LogP) is 1.84. The lowest BCUT2D eigenvalue weighted by Gasteiger charge is -2.39. The number of nitrogens with zero attached hydrogens (tertiary/aromatic N) is 1. The molecular formula is C17H35ClNP. The van der Waals surface area contributed by atoms with Crippen molar-refractivity contribution in [3.05, 3.63) is 0 Å². The van der Waals surface area contributed by atoms with Crippen molar-refractivity contribution in [2.24, 2.45) is 0 Å². The van der Waals surface area contributed by atoms with Gasteiger partial charge in [-0.3, -0.25) is 0 Å². The van der Waals surface area contributed by atoms with Crippen LogP contribution in [0.25, 0.3) is 0 Å². The standard InChI is InChI=1S/C17H35NP.ClH/c1-18(2,3)14-15-19(16-10-6-4-7-11-16)17-12-8-5-9-13-17;/h16-17H,4-15H2,1-3H3;1H/q+1;/p-1. The topological polar surface area (TPSA) is 0 Å². The molecule has 0 radical (unpaired) electrons. The fourth-order valence-corrected chi connectivity index (χ4v) is 8.12. The first-order valence-corrected chi connectivity index (χ1v) is 10.3. The highest BCUT2D eigenvalue weighted by molar-refractivity contribution is 7.59. The molecule has 0 bridgehead atoms. The molecule has 3 heteroatoms. The van der Waals surface area contributed by atoms with Crippen LogP contribution in [0.1, 0.15) is 64.2 Å². The smallest absolute Gasteiger partial charge is 0.0820 e. The third-order valence-electron chi connectivity index (χ3n) is 5.12. The second-order valence-electron chi connectivity index (χ2n) is 7.84. The Morgan fingerprint density at radius 1 is 0.750 bits per heavy atom. The minimum absolute atomic E-state index is 0. The van der Waals surface area contributed by atoms with Gasteiger partial charge >= 0.3 is 0 Å². The van der Waals surface area contributed by atoms with Crippen LogP contribution < -0.4 is 12.4 Å².